The van der Waals surface area contributed by atoms with Crippen LogP contribution in [0.2, 0.25) is 0 Å². The molecule has 1 aromatic rings. The van der Waals surface area contributed by atoms with Crippen LogP contribution in [0.25, 0.3) is 0 Å². The second-order valence-electron chi connectivity index (χ2n) is 8.03. The Balaban J connectivity index is 1.16. The van der Waals surface area contributed by atoms with E-state index in [1.807, 2.05) is 24.3 Å². The number of ether oxygens (including phenoxy) is 2. The first-order valence-electron chi connectivity index (χ1n) is 10.4. The summed E-state index contributed by atoms with van der Waals surface area (Å²) in [6.07, 6.45) is 8.07. The van der Waals surface area contributed by atoms with E-state index in [1.54, 1.807) is 0 Å². The molecule has 148 valence electrons. The fourth-order valence-electron chi connectivity index (χ4n) is 4.36. The largest absolute Gasteiger partial charge is 0.486 e. The van der Waals surface area contributed by atoms with Crippen LogP contribution in [0.4, 0.5) is 4.79 Å². The molecule has 1 aliphatic carbocycles. The predicted molar refractivity (Wildman–Crippen MR) is 104 cm³/mol. The lowest BCUT2D eigenvalue weighted by molar-refractivity contribution is 0.0505. The van der Waals surface area contributed by atoms with Crippen molar-refractivity contribution < 1.29 is 14.3 Å². The molecule has 2 heterocycles. The molecule has 0 bridgehead atoms. The molecule has 2 amide bonds. The summed E-state index contributed by atoms with van der Waals surface area (Å²) in [5.74, 6) is 1.67. The molecule has 0 aromatic heterocycles. The van der Waals surface area contributed by atoms with Gasteiger partial charge in [-0.15, -0.1) is 0 Å². The SMILES string of the molecule is O=C(NC1CCCCC1)NC1CCN(CC2COc3ccccc3O2)CC1. The van der Waals surface area contributed by atoms with Gasteiger partial charge in [0.1, 0.15) is 12.7 Å². The van der Waals surface area contributed by atoms with E-state index in [9.17, 15) is 4.79 Å². The topological polar surface area (TPSA) is 62.8 Å². The Morgan fingerprint density at radius 2 is 1.63 bits per heavy atom. The van der Waals surface area contributed by atoms with Crippen molar-refractivity contribution in [3.05, 3.63) is 24.3 Å². The van der Waals surface area contributed by atoms with Gasteiger partial charge in [0.25, 0.3) is 0 Å². The first kappa shape index (κ1) is 18.4. The summed E-state index contributed by atoms with van der Waals surface area (Å²) in [6, 6.07) is 8.49. The molecule has 2 fully saturated rings. The maximum Gasteiger partial charge on any atom is 0.315 e. The Morgan fingerprint density at radius 1 is 0.963 bits per heavy atom. The average molecular weight is 373 g/mol. The van der Waals surface area contributed by atoms with E-state index in [1.165, 1.54) is 19.3 Å². The summed E-state index contributed by atoms with van der Waals surface area (Å²) in [5, 5.41) is 6.32. The van der Waals surface area contributed by atoms with E-state index in [-0.39, 0.29) is 18.2 Å². The summed E-state index contributed by atoms with van der Waals surface area (Å²) in [4.78, 5) is 14.6. The minimum absolute atomic E-state index is 0.0148. The van der Waals surface area contributed by atoms with E-state index in [0.29, 0.717) is 12.6 Å². The number of para-hydroxylation sites is 2. The molecule has 2 aliphatic heterocycles. The minimum atomic E-state index is 0.0148. The monoisotopic (exact) mass is 373 g/mol. The number of amides is 2. The van der Waals surface area contributed by atoms with Crippen molar-refractivity contribution in [1.82, 2.24) is 15.5 Å². The Labute approximate surface area is 161 Å². The number of hydrogen-bond donors (Lipinski definition) is 2. The van der Waals surface area contributed by atoms with Crippen molar-refractivity contribution in [2.45, 2.75) is 63.1 Å². The number of carbonyl (C=O) groups is 1. The highest BCUT2D eigenvalue weighted by Crippen LogP contribution is 2.31. The lowest BCUT2D eigenvalue weighted by atomic mass is 9.96. The van der Waals surface area contributed by atoms with Crippen LogP contribution in [0.1, 0.15) is 44.9 Å². The van der Waals surface area contributed by atoms with Gasteiger partial charge in [0.2, 0.25) is 0 Å². The number of nitrogens with zero attached hydrogens (tertiary/aromatic N) is 1. The second kappa shape index (κ2) is 8.83. The molecular formula is C21H31N3O3. The van der Waals surface area contributed by atoms with Gasteiger partial charge in [0.15, 0.2) is 11.5 Å². The standard InChI is InChI=1S/C21H31N3O3/c25-21(22-16-6-2-1-3-7-16)23-17-10-12-24(13-11-17)14-18-15-26-19-8-4-5-9-20(19)27-18/h4-5,8-9,16-18H,1-3,6-7,10-15H2,(H2,22,23,25). The summed E-state index contributed by atoms with van der Waals surface area (Å²) in [6.45, 7) is 3.43. The van der Waals surface area contributed by atoms with E-state index in [0.717, 1.165) is 56.8 Å². The van der Waals surface area contributed by atoms with Gasteiger partial charge in [-0.25, -0.2) is 4.79 Å². The quantitative estimate of drug-likeness (QED) is 0.852. The number of rotatable bonds is 4. The molecule has 0 radical (unpaired) electrons. The fourth-order valence-corrected chi connectivity index (χ4v) is 4.36. The molecule has 1 atom stereocenters. The first-order valence-corrected chi connectivity index (χ1v) is 10.4. The highest BCUT2D eigenvalue weighted by Gasteiger charge is 2.27. The van der Waals surface area contributed by atoms with Gasteiger partial charge >= 0.3 is 6.03 Å². The average Bonchev–Trinajstić information content (AvgIpc) is 2.70. The van der Waals surface area contributed by atoms with E-state index >= 15 is 0 Å². The lowest BCUT2D eigenvalue weighted by Crippen LogP contribution is -2.51. The van der Waals surface area contributed by atoms with Gasteiger partial charge in [0, 0.05) is 31.7 Å². The van der Waals surface area contributed by atoms with Gasteiger partial charge in [-0.2, -0.15) is 0 Å². The van der Waals surface area contributed by atoms with E-state index < -0.39 is 0 Å². The molecule has 1 unspecified atom stereocenters. The van der Waals surface area contributed by atoms with Gasteiger partial charge in [0.05, 0.1) is 0 Å². The van der Waals surface area contributed by atoms with Crippen molar-refractivity contribution in [2.75, 3.05) is 26.2 Å². The normalized spacial score (nSPS) is 24.4. The summed E-state index contributed by atoms with van der Waals surface area (Å²) < 4.78 is 11.9. The molecule has 0 spiro atoms. The number of likely N-dealkylation sites (tertiary alicyclic amines) is 1. The number of piperidine rings is 1. The van der Waals surface area contributed by atoms with Crippen molar-refractivity contribution in [2.24, 2.45) is 0 Å². The van der Waals surface area contributed by atoms with Crippen LogP contribution >= 0.6 is 0 Å². The highest BCUT2D eigenvalue weighted by atomic mass is 16.6. The maximum atomic E-state index is 12.2. The third-order valence-electron chi connectivity index (χ3n) is 5.89. The van der Waals surface area contributed by atoms with Crippen molar-refractivity contribution >= 4 is 6.03 Å². The summed E-state index contributed by atoms with van der Waals surface area (Å²) in [7, 11) is 0. The predicted octanol–water partition coefficient (Wildman–Crippen LogP) is 2.92. The zero-order valence-electron chi connectivity index (χ0n) is 16.0. The van der Waals surface area contributed by atoms with Gasteiger partial charge in [-0.1, -0.05) is 31.4 Å². The van der Waals surface area contributed by atoms with Crippen LogP contribution in [0.5, 0.6) is 11.5 Å². The Kier molecular flexibility index (Phi) is 6.02. The third-order valence-corrected chi connectivity index (χ3v) is 5.89. The summed E-state index contributed by atoms with van der Waals surface area (Å²) in [5.41, 5.74) is 0. The zero-order chi connectivity index (χ0) is 18.5. The minimum Gasteiger partial charge on any atom is -0.486 e. The molecule has 27 heavy (non-hydrogen) atoms. The molecule has 3 aliphatic rings. The van der Waals surface area contributed by atoms with Gasteiger partial charge in [-0.3, -0.25) is 4.90 Å². The van der Waals surface area contributed by atoms with Crippen LogP contribution in [-0.4, -0.2) is 55.4 Å². The zero-order valence-corrected chi connectivity index (χ0v) is 16.0. The molecule has 6 nitrogen and oxygen atoms in total. The van der Waals surface area contributed by atoms with Crippen LogP contribution < -0.4 is 20.1 Å². The molecule has 1 saturated carbocycles. The van der Waals surface area contributed by atoms with Gasteiger partial charge in [-0.05, 0) is 37.8 Å². The first-order chi connectivity index (χ1) is 13.3. The van der Waals surface area contributed by atoms with Crippen molar-refractivity contribution in [3.63, 3.8) is 0 Å². The molecule has 2 N–H and O–H groups in total. The molecule has 4 rings (SSSR count). The van der Waals surface area contributed by atoms with Crippen LogP contribution in [-0.2, 0) is 0 Å². The summed E-state index contributed by atoms with van der Waals surface area (Å²) >= 11 is 0. The number of benzene rings is 1. The Hall–Kier alpha value is -1.95. The Bertz CT molecular complexity index is 625. The van der Waals surface area contributed by atoms with Crippen LogP contribution in [0, 0.1) is 0 Å². The molecule has 6 heteroatoms. The van der Waals surface area contributed by atoms with Gasteiger partial charge < -0.3 is 20.1 Å². The van der Waals surface area contributed by atoms with E-state index in [2.05, 4.69) is 15.5 Å². The highest BCUT2D eigenvalue weighted by molar-refractivity contribution is 5.74. The molecule has 1 aromatic carbocycles. The smallest absolute Gasteiger partial charge is 0.315 e. The maximum absolute atomic E-state index is 12.2. The number of carbonyl (C=O) groups excluding carboxylic acids is 1. The number of hydrogen-bond acceptors (Lipinski definition) is 4. The number of fused-ring (bicyclic) bond motifs is 1. The number of urea groups is 1. The van der Waals surface area contributed by atoms with Crippen molar-refractivity contribution in [1.29, 1.82) is 0 Å². The van der Waals surface area contributed by atoms with Crippen LogP contribution in [0.15, 0.2) is 24.3 Å². The third kappa shape index (κ3) is 5.06. The van der Waals surface area contributed by atoms with E-state index in [4.69, 9.17) is 9.47 Å². The van der Waals surface area contributed by atoms with Crippen LogP contribution in [0.3, 0.4) is 0 Å². The second-order valence-corrected chi connectivity index (χ2v) is 8.03. The fraction of sp³-hybridized carbons (Fsp3) is 0.667. The lowest BCUT2D eigenvalue weighted by Gasteiger charge is -2.36. The Morgan fingerprint density at radius 3 is 2.37 bits per heavy atom. The molecule has 1 saturated heterocycles. The molecular weight excluding hydrogens is 342 g/mol. The number of nitrogens with one attached hydrogen (secondary N) is 2. The van der Waals surface area contributed by atoms with Crippen molar-refractivity contribution in [3.8, 4) is 11.5 Å².